The van der Waals surface area contributed by atoms with Crippen molar-refractivity contribution in [1.82, 2.24) is 9.62 Å². The minimum atomic E-state index is -3.34. The molecule has 128 valence electrons. The van der Waals surface area contributed by atoms with E-state index >= 15 is 0 Å². The van der Waals surface area contributed by atoms with Crippen LogP contribution >= 0.6 is 0 Å². The van der Waals surface area contributed by atoms with Gasteiger partial charge in [0.15, 0.2) is 0 Å². The van der Waals surface area contributed by atoms with Crippen LogP contribution in [0.3, 0.4) is 0 Å². The Bertz CT molecular complexity index is 673. The zero-order chi connectivity index (χ0) is 17.0. The first-order valence-electron chi connectivity index (χ1n) is 7.71. The van der Waals surface area contributed by atoms with Gasteiger partial charge < -0.3 is 10.1 Å². The maximum Gasteiger partial charge on any atom is 0.238 e. The van der Waals surface area contributed by atoms with Crippen LogP contribution in [0.15, 0.2) is 18.2 Å². The lowest BCUT2D eigenvalue weighted by Gasteiger charge is -2.21. The molecule has 0 saturated carbocycles. The van der Waals surface area contributed by atoms with E-state index in [1.54, 1.807) is 7.11 Å². The molecular weight excluding hydrogens is 316 g/mol. The summed E-state index contributed by atoms with van der Waals surface area (Å²) in [5, 5.41) is 2.85. The molecule has 1 amide bonds. The Morgan fingerprint density at radius 1 is 1.43 bits per heavy atom. The van der Waals surface area contributed by atoms with E-state index in [-0.39, 0.29) is 5.91 Å². The lowest BCUT2D eigenvalue weighted by atomic mass is 10.1. The van der Waals surface area contributed by atoms with Gasteiger partial charge in [0.1, 0.15) is 11.8 Å². The molecule has 1 fully saturated rings. The Balaban J connectivity index is 1.94. The zero-order valence-electron chi connectivity index (χ0n) is 13.8. The van der Waals surface area contributed by atoms with E-state index in [9.17, 15) is 13.2 Å². The third-order valence-corrected chi connectivity index (χ3v) is 5.35. The molecule has 1 aliphatic rings. The van der Waals surface area contributed by atoms with Crippen molar-refractivity contribution < 1.29 is 17.9 Å². The molecule has 0 bridgehead atoms. The van der Waals surface area contributed by atoms with Crippen LogP contribution in [0, 0.1) is 6.92 Å². The van der Waals surface area contributed by atoms with Gasteiger partial charge in [0.2, 0.25) is 15.9 Å². The van der Waals surface area contributed by atoms with Gasteiger partial charge in [-0.25, -0.2) is 8.42 Å². The van der Waals surface area contributed by atoms with E-state index in [2.05, 4.69) is 5.32 Å². The van der Waals surface area contributed by atoms with Crippen LogP contribution < -0.4 is 10.1 Å². The highest BCUT2D eigenvalue weighted by Gasteiger charge is 2.36. The van der Waals surface area contributed by atoms with Crippen molar-refractivity contribution in [2.24, 2.45) is 0 Å². The number of hydrogen-bond donors (Lipinski definition) is 1. The van der Waals surface area contributed by atoms with Crippen molar-refractivity contribution in [3.05, 3.63) is 29.3 Å². The van der Waals surface area contributed by atoms with Crippen LogP contribution in [0.1, 0.15) is 24.0 Å². The lowest BCUT2D eigenvalue weighted by molar-refractivity contribution is -0.124. The van der Waals surface area contributed by atoms with Crippen LogP contribution in [0.4, 0.5) is 0 Å². The molecular formula is C16H24N2O4S. The molecule has 1 aromatic carbocycles. The fourth-order valence-corrected chi connectivity index (χ4v) is 4.06. The Morgan fingerprint density at radius 2 is 2.17 bits per heavy atom. The summed E-state index contributed by atoms with van der Waals surface area (Å²) < 4.78 is 30.0. The Morgan fingerprint density at radius 3 is 2.83 bits per heavy atom. The summed E-state index contributed by atoms with van der Waals surface area (Å²) in [5.74, 6) is 0.572. The summed E-state index contributed by atoms with van der Waals surface area (Å²) in [6, 6.07) is 5.34. The van der Waals surface area contributed by atoms with Crippen LogP contribution in [0.5, 0.6) is 5.75 Å². The minimum absolute atomic E-state index is 0.223. The quantitative estimate of drug-likeness (QED) is 0.841. The van der Waals surface area contributed by atoms with Crippen LogP contribution in [-0.4, -0.2) is 51.1 Å². The van der Waals surface area contributed by atoms with Crippen molar-refractivity contribution in [1.29, 1.82) is 0 Å². The number of methoxy groups -OCH3 is 1. The van der Waals surface area contributed by atoms with Crippen molar-refractivity contribution in [3.8, 4) is 5.75 Å². The summed E-state index contributed by atoms with van der Waals surface area (Å²) in [6.45, 7) is 2.87. The third kappa shape index (κ3) is 4.45. The number of amides is 1. The number of nitrogens with zero attached hydrogens (tertiary/aromatic N) is 1. The highest BCUT2D eigenvalue weighted by molar-refractivity contribution is 7.88. The van der Waals surface area contributed by atoms with E-state index < -0.39 is 16.1 Å². The number of nitrogens with one attached hydrogen (secondary N) is 1. The molecule has 1 heterocycles. The number of ether oxygens (including phenoxy) is 1. The highest BCUT2D eigenvalue weighted by Crippen LogP contribution is 2.21. The average Bonchev–Trinajstić information content (AvgIpc) is 2.97. The number of rotatable bonds is 6. The molecule has 0 spiro atoms. The maximum absolute atomic E-state index is 12.3. The average molecular weight is 340 g/mol. The molecule has 0 aliphatic carbocycles. The van der Waals surface area contributed by atoms with Gasteiger partial charge in [0, 0.05) is 13.1 Å². The smallest absolute Gasteiger partial charge is 0.238 e. The number of hydrogen-bond acceptors (Lipinski definition) is 4. The van der Waals surface area contributed by atoms with Crippen LogP contribution in [-0.2, 0) is 21.2 Å². The molecule has 1 aliphatic heterocycles. The van der Waals surface area contributed by atoms with E-state index in [4.69, 9.17) is 4.74 Å². The summed E-state index contributed by atoms with van der Waals surface area (Å²) in [5.41, 5.74) is 2.16. The van der Waals surface area contributed by atoms with E-state index in [1.807, 2.05) is 25.1 Å². The number of benzene rings is 1. The number of aryl methyl sites for hydroxylation is 1. The first-order valence-corrected chi connectivity index (χ1v) is 9.56. The molecule has 1 N–H and O–H groups in total. The minimum Gasteiger partial charge on any atom is -0.496 e. The van der Waals surface area contributed by atoms with Gasteiger partial charge in [0.25, 0.3) is 0 Å². The van der Waals surface area contributed by atoms with Gasteiger partial charge in [-0.2, -0.15) is 4.31 Å². The van der Waals surface area contributed by atoms with Gasteiger partial charge in [-0.1, -0.05) is 17.7 Å². The topological polar surface area (TPSA) is 75.7 Å². The van der Waals surface area contributed by atoms with Gasteiger partial charge in [-0.3, -0.25) is 4.79 Å². The summed E-state index contributed by atoms with van der Waals surface area (Å²) in [7, 11) is -1.72. The maximum atomic E-state index is 12.3. The van der Waals surface area contributed by atoms with E-state index in [0.717, 1.165) is 29.6 Å². The molecule has 1 saturated heterocycles. The first-order chi connectivity index (χ1) is 10.8. The van der Waals surface area contributed by atoms with E-state index in [0.29, 0.717) is 25.9 Å². The molecule has 23 heavy (non-hydrogen) atoms. The number of carbonyl (C=O) groups excluding carboxylic acids is 1. The Kier molecular flexibility index (Phi) is 5.64. The second-order valence-electron chi connectivity index (χ2n) is 5.89. The predicted octanol–water partition coefficient (Wildman–Crippen LogP) is 1.09. The first kappa shape index (κ1) is 17.7. The molecule has 0 radical (unpaired) electrons. The van der Waals surface area contributed by atoms with Gasteiger partial charge in [0.05, 0.1) is 13.4 Å². The zero-order valence-corrected chi connectivity index (χ0v) is 14.6. The lowest BCUT2D eigenvalue weighted by Crippen LogP contribution is -2.45. The van der Waals surface area contributed by atoms with Gasteiger partial charge in [-0.15, -0.1) is 0 Å². The normalized spacial score (nSPS) is 18.8. The largest absolute Gasteiger partial charge is 0.496 e. The van der Waals surface area contributed by atoms with Gasteiger partial charge in [-0.05, 0) is 37.8 Å². The predicted molar refractivity (Wildman–Crippen MR) is 89.0 cm³/mol. The molecule has 0 aromatic heterocycles. The second kappa shape index (κ2) is 7.31. The van der Waals surface area contributed by atoms with Crippen molar-refractivity contribution in [3.63, 3.8) is 0 Å². The summed E-state index contributed by atoms with van der Waals surface area (Å²) >= 11 is 0. The van der Waals surface area contributed by atoms with E-state index in [1.165, 1.54) is 4.31 Å². The second-order valence-corrected chi connectivity index (χ2v) is 7.82. The Hall–Kier alpha value is -1.60. The van der Waals surface area contributed by atoms with Crippen molar-refractivity contribution in [2.45, 2.75) is 32.2 Å². The molecule has 1 aromatic rings. The van der Waals surface area contributed by atoms with Crippen LogP contribution in [0.25, 0.3) is 0 Å². The molecule has 2 rings (SSSR count). The number of carbonyl (C=O) groups is 1. The molecule has 6 nitrogen and oxygen atoms in total. The third-order valence-electron chi connectivity index (χ3n) is 4.06. The number of sulfonamides is 1. The fraction of sp³-hybridized carbons (Fsp3) is 0.562. The molecule has 7 heteroatoms. The SMILES string of the molecule is COc1ccc(C)cc1CCNC(=O)C1CCCN1S(C)(=O)=O. The summed E-state index contributed by atoms with van der Waals surface area (Å²) in [6.07, 6.45) is 3.09. The molecule has 1 unspecified atom stereocenters. The van der Waals surface area contributed by atoms with Crippen molar-refractivity contribution in [2.75, 3.05) is 26.5 Å². The Labute approximate surface area is 137 Å². The monoisotopic (exact) mass is 340 g/mol. The van der Waals surface area contributed by atoms with Crippen LogP contribution in [0.2, 0.25) is 0 Å². The van der Waals surface area contributed by atoms with Crippen molar-refractivity contribution >= 4 is 15.9 Å². The summed E-state index contributed by atoms with van der Waals surface area (Å²) in [4.78, 5) is 12.3. The fourth-order valence-electron chi connectivity index (χ4n) is 2.94. The van der Waals surface area contributed by atoms with Gasteiger partial charge >= 0.3 is 0 Å². The molecule has 1 atom stereocenters. The standard InChI is InChI=1S/C16H24N2O4S/c1-12-6-7-15(22-2)13(11-12)8-9-17-16(19)14-5-4-10-18(14)23(3,20)21/h6-7,11,14H,4-5,8-10H2,1-3H3,(H,17,19). The highest BCUT2D eigenvalue weighted by atomic mass is 32.2.